The number of hydrogen-bond donors (Lipinski definition) is 2. The molecule has 0 unspecified atom stereocenters. The van der Waals surface area contributed by atoms with Gasteiger partial charge in [-0.25, -0.2) is 0 Å². The molecule has 0 spiro atoms. The lowest BCUT2D eigenvalue weighted by Crippen LogP contribution is -2.09. The highest BCUT2D eigenvalue weighted by Gasteiger charge is 1.95. The Morgan fingerprint density at radius 2 is 1.52 bits per heavy atom. The van der Waals surface area contributed by atoms with Gasteiger partial charge in [0.25, 0.3) is 0 Å². The SMILES string of the molecule is C=C/C=C(\C=C/C)N/C(C=C)=C/C=C(\C=C)Nc1ccccc1. The number of anilines is 1. The van der Waals surface area contributed by atoms with Crippen LogP contribution in [0.3, 0.4) is 0 Å². The van der Waals surface area contributed by atoms with E-state index in [0.717, 1.165) is 22.8 Å². The molecule has 118 valence electrons. The second-order valence-electron chi connectivity index (χ2n) is 4.63. The van der Waals surface area contributed by atoms with Gasteiger partial charge in [-0.1, -0.05) is 50.1 Å². The Kier molecular flexibility index (Phi) is 8.39. The quantitative estimate of drug-likeness (QED) is 0.591. The van der Waals surface area contributed by atoms with Crippen LogP contribution in [0.15, 0.2) is 116 Å². The Morgan fingerprint density at radius 1 is 0.870 bits per heavy atom. The van der Waals surface area contributed by atoms with E-state index >= 15 is 0 Å². The standard InChI is InChI=1S/C21H24N2/c1-5-12-20(13-6-2)22-18(7-3)16-17-19(8-4)23-21-14-10-9-11-15-21/h5-17,22-23H,1,3-4H2,2H3/b13-6-,18-16+,19-17+,20-12+. The van der Waals surface area contributed by atoms with Crippen LogP contribution in [0, 0.1) is 0 Å². The molecule has 23 heavy (non-hydrogen) atoms. The van der Waals surface area contributed by atoms with Crippen LogP contribution in [0.4, 0.5) is 5.69 Å². The molecular weight excluding hydrogens is 280 g/mol. The number of nitrogens with one attached hydrogen (secondary N) is 2. The van der Waals surface area contributed by atoms with E-state index in [4.69, 9.17) is 0 Å². The van der Waals surface area contributed by atoms with E-state index in [1.54, 1.807) is 18.2 Å². The van der Waals surface area contributed by atoms with Crippen molar-refractivity contribution in [3.05, 3.63) is 116 Å². The molecule has 1 aromatic carbocycles. The van der Waals surface area contributed by atoms with Crippen LogP contribution >= 0.6 is 0 Å². The lowest BCUT2D eigenvalue weighted by Gasteiger charge is -2.08. The van der Waals surface area contributed by atoms with E-state index in [1.807, 2.05) is 67.6 Å². The third-order valence-electron chi connectivity index (χ3n) is 2.88. The molecule has 0 amide bonds. The molecule has 0 fully saturated rings. The third-order valence-corrected chi connectivity index (χ3v) is 2.88. The van der Waals surface area contributed by atoms with E-state index in [2.05, 4.69) is 30.4 Å². The zero-order valence-corrected chi connectivity index (χ0v) is 13.6. The van der Waals surface area contributed by atoms with E-state index in [1.165, 1.54) is 0 Å². The molecule has 2 N–H and O–H groups in total. The van der Waals surface area contributed by atoms with E-state index < -0.39 is 0 Å². The minimum Gasteiger partial charge on any atom is -0.356 e. The first-order valence-corrected chi connectivity index (χ1v) is 7.44. The van der Waals surface area contributed by atoms with Crippen LogP contribution in [-0.4, -0.2) is 0 Å². The topological polar surface area (TPSA) is 24.1 Å². The summed E-state index contributed by atoms with van der Waals surface area (Å²) < 4.78 is 0. The van der Waals surface area contributed by atoms with Gasteiger partial charge in [-0.15, -0.1) is 0 Å². The fraction of sp³-hybridized carbons (Fsp3) is 0.0476. The number of hydrogen-bond acceptors (Lipinski definition) is 2. The fourth-order valence-electron chi connectivity index (χ4n) is 1.80. The smallest absolute Gasteiger partial charge is 0.0384 e. The fourth-order valence-corrected chi connectivity index (χ4v) is 1.80. The Balaban J connectivity index is 2.90. The molecular formula is C21H24N2. The molecule has 0 radical (unpaired) electrons. The zero-order valence-electron chi connectivity index (χ0n) is 13.6. The largest absolute Gasteiger partial charge is 0.356 e. The van der Waals surface area contributed by atoms with Gasteiger partial charge in [0.05, 0.1) is 0 Å². The first-order valence-electron chi connectivity index (χ1n) is 7.44. The third kappa shape index (κ3) is 7.00. The van der Waals surface area contributed by atoms with Crippen LogP contribution < -0.4 is 10.6 Å². The van der Waals surface area contributed by atoms with Crippen molar-refractivity contribution in [2.45, 2.75) is 6.92 Å². The predicted molar refractivity (Wildman–Crippen MR) is 103 cm³/mol. The van der Waals surface area contributed by atoms with Gasteiger partial charge in [0.15, 0.2) is 0 Å². The second kappa shape index (κ2) is 10.7. The van der Waals surface area contributed by atoms with Gasteiger partial charge >= 0.3 is 0 Å². The van der Waals surface area contributed by atoms with Gasteiger partial charge in [-0.3, -0.25) is 0 Å². The first-order chi connectivity index (χ1) is 11.2. The lowest BCUT2D eigenvalue weighted by molar-refractivity contribution is 1.04. The molecule has 0 aromatic heterocycles. The summed E-state index contributed by atoms with van der Waals surface area (Å²) in [7, 11) is 0. The molecule has 0 saturated heterocycles. The lowest BCUT2D eigenvalue weighted by atomic mass is 10.2. The van der Waals surface area contributed by atoms with Crippen molar-refractivity contribution in [1.82, 2.24) is 5.32 Å². The summed E-state index contributed by atoms with van der Waals surface area (Å²) in [5.74, 6) is 0. The highest BCUT2D eigenvalue weighted by atomic mass is 14.9. The van der Waals surface area contributed by atoms with Crippen LogP contribution in [-0.2, 0) is 0 Å². The normalized spacial score (nSPS) is 12.8. The Morgan fingerprint density at radius 3 is 2.09 bits per heavy atom. The van der Waals surface area contributed by atoms with Gasteiger partial charge in [0.1, 0.15) is 0 Å². The monoisotopic (exact) mass is 304 g/mol. The second-order valence-corrected chi connectivity index (χ2v) is 4.63. The number of benzene rings is 1. The van der Waals surface area contributed by atoms with Crippen molar-refractivity contribution >= 4 is 5.69 Å². The molecule has 1 aromatic rings. The van der Waals surface area contributed by atoms with Gasteiger partial charge in [-0.05, 0) is 55.5 Å². The summed E-state index contributed by atoms with van der Waals surface area (Å²) >= 11 is 0. The van der Waals surface area contributed by atoms with Crippen LogP contribution in [0.25, 0.3) is 0 Å². The predicted octanol–water partition coefficient (Wildman–Crippen LogP) is 5.47. The average molecular weight is 304 g/mol. The van der Waals surface area contributed by atoms with Crippen LogP contribution in [0.1, 0.15) is 6.92 Å². The minimum atomic E-state index is 0.880. The van der Waals surface area contributed by atoms with Crippen molar-refractivity contribution in [3.63, 3.8) is 0 Å². The molecule has 0 aliphatic carbocycles. The molecule has 0 bridgehead atoms. The van der Waals surface area contributed by atoms with Gasteiger partial charge in [0, 0.05) is 22.8 Å². The van der Waals surface area contributed by atoms with Crippen LogP contribution in [0.2, 0.25) is 0 Å². The summed E-state index contributed by atoms with van der Waals surface area (Å²) in [6.45, 7) is 13.4. The summed E-state index contributed by atoms with van der Waals surface area (Å²) in [6.07, 6.45) is 15.0. The van der Waals surface area contributed by atoms with Crippen molar-refractivity contribution in [1.29, 1.82) is 0 Å². The Hall–Kier alpha value is -3.00. The molecule has 0 saturated carbocycles. The molecule has 0 atom stereocenters. The summed E-state index contributed by atoms with van der Waals surface area (Å²) in [5, 5.41) is 6.59. The minimum absolute atomic E-state index is 0.880. The highest BCUT2D eigenvalue weighted by molar-refractivity contribution is 5.51. The number of para-hydroxylation sites is 1. The van der Waals surface area contributed by atoms with Crippen molar-refractivity contribution in [2.24, 2.45) is 0 Å². The molecule has 1 rings (SSSR count). The van der Waals surface area contributed by atoms with Crippen LogP contribution in [0.5, 0.6) is 0 Å². The zero-order chi connectivity index (χ0) is 16.9. The summed E-state index contributed by atoms with van der Waals surface area (Å²) in [5.41, 5.74) is 3.74. The highest BCUT2D eigenvalue weighted by Crippen LogP contribution is 2.10. The molecule has 0 heterocycles. The first kappa shape index (κ1) is 18.1. The van der Waals surface area contributed by atoms with Crippen molar-refractivity contribution in [3.8, 4) is 0 Å². The van der Waals surface area contributed by atoms with Crippen molar-refractivity contribution in [2.75, 3.05) is 5.32 Å². The summed E-state index contributed by atoms with van der Waals surface area (Å²) in [6, 6.07) is 9.96. The summed E-state index contributed by atoms with van der Waals surface area (Å²) in [4.78, 5) is 0. The molecule has 0 aliphatic heterocycles. The van der Waals surface area contributed by atoms with Gasteiger partial charge in [-0.2, -0.15) is 0 Å². The van der Waals surface area contributed by atoms with E-state index in [0.29, 0.717) is 0 Å². The van der Waals surface area contributed by atoms with E-state index in [-0.39, 0.29) is 0 Å². The number of rotatable bonds is 9. The maximum Gasteiger partial charge on any atom is 0.0384 e. The number of allylic oxidation sites excluding steroid dienone is 8. The van der Waals surface area contributed by atoms with E-state index in [9.17, 15) is 0 Å². The molecule has 2 nitrogen and oxygen atoms in total. The molecule has 0 aliphatic rings. The average Bonchev–Trinajstić information content (AvgIpc) is 2.58. The van der Waals surface area contributed by atoms with Gasteiger partial charge in [0.2, 0.25) is 0 Å². The van der Waals surface area contributed by atoms with Gasteiger partial charge < -0.3 is 10.6 Å². The molecule has 2 heteroatoms. The maximum absolute atomic E-state index is 3.84. The Labute approximate surface area is 139 Å². The Bertz CT molecular complexity index is 644. The maximum atomic E-state index is 3.84. The van der Waals surface area contributed by atoms with Crippen molar-refractivity contribution < 1.29 is 0 Å².